The minimum atomic E-state index is -1.16. The Kier molecular flexibility index (Phi) is 16.9. The summed E-state index contributed by atoms with van der Waals surface area (Å²) in [5.41, 5.74) is 12.9. The molecule has 3 fully saturated rings. The van der Waals surface area contributed by atoms with Crippen LogP contribution >= 0.6 is 23.2 Å². The molecule has 0 spiro atoms. The standard InChI is InChI=1S/C27H26ClF2N9O2.C26H24ClF2N9O2.C4H8O/c1-14(25-34-17-6-4-5-16(28)19(17)27(40)39(25)37-11-9-36(2)10-12-37)38-26-20(24(31)32-13-33-26)23(35-38)15-7-8-18(41-3)22(30)21(15)29;1-13(24-34-16-5-3-4-15(27)18(16)26(39)38(24)36-10-8-31-9-11-36)37-25-19(23(30)32-12-33-25)22(35-37)14-6-7-17(40-2)21(29)20(14)28;1-2-4-5-3-1/h4-8,13-14H,9-12H2,1-3H3,(H2,31,32,33);3-7,12-13,31H,8-11H2,1-2H3,(H2,30,32,33);1-4H2. The number of benzene rings is 4. The molecule has 2 unspecified atom stereocenters. The first-order chi connectivity index (χ1) is 41.5. The van der Waals surface area contributed by atoms with Crippen molar-refractivity contribution >= 4 is 78.7 Å². The summed E-state index contributed by atoms with van der Waals surface area (Å²) in [6.45, 7) is 10.6. The van der Waals surface area contributed by atoms with Crippen LogP contribution in [0.15, 0.2) is 82.9 Å². The molecule has 9 heterocycles. The van der Waals surface area contributed by atoms with E-state index in [0.717, 1.165) is 26.3 Å². The van der Waals surface area contributed by atoms with Crippen LogP contribution in [0.2, 0.25) is 10.0 Å². The van der Waals surface area contributed by atoms with Crippen LogP contribution in [0.4, 0.5) is 29.2 Å². The Hall–Kier alpha value is -8.76. The van der Waals surface area contributed by atoms with Crippen molar-refractivity contribution in [3.63, 3.8) is 0 Å². The molecule has 3 aliphatic rings. The maximum absolute atomic E-state index is 15.3. The fourth-order valence-electron chi connectivity index (χ4n) is 10.7. The summed E-state index contributed by atoms with van der Waals surface area (Å²) in [5, 5.41) is 18.1. The number of likely N-dealkylation sites (N-methyl/N-ethyl adjacent to an activating group) is 1. The van der Waals surface area contributed by atoms with Crippen molar-refractivity contribution in [1.29, 1.82) is 0 Å². The molecule has 13 rings (SSSR count). The van der Waals surface area contributed by atoms with Crippen LogP contribution in [0.1, 0.15) is 50.4 Å². The fourth-order valence-corrected chi connectivity index (χ4v) is 11.2. The molecule has 0 saturated carbocycles. The average Bonchev–Trinajstić information content (AvgIpc) is 2.01. The highest BCUT2D eigenvalue weighted by Gasteiger charge is 2.32. The van der Waals surface area contributed by atoms with E-state index in [9.17, 15) is 18.4 Å². The predicted molar refractivity (Wildman–Crippen MR) is 319 cm³/mol. The second-order valence-corrected chi connectivity index (χ2v) is 21.3. The fraction of sp³-hybridized carbons (Fsp3) is 0.333. The lowest BCUT2D eigenvalue weighted by Crippen LogP contribution is -2.54. The molecule has 2 atom stereocenters. The number of hydrogen-bond donors (Lipinski definition) is 3. The highest BCUT2D eigenvalue weighted by Crippen LogP contribution is 2.39. The second-order valence-electron chi connectivity index (χ2n) is 20.5. The van der Waals surface area contributed by atoms with Gasteiger partial charge in [-0.25, -0.2) is 57.4 Å². The Balaban J connectivity index is 0.000000165. The summed E-state index contributed by atoms with van der Waals surface area (Å²) >= 11 is 12.9. The molecule has 5 N–H and O–H groups in total. The first-order valence-electron chi connectivity index (χ1n) is 27.4. The van der Waals surface area contributed by atoms with Gasteiger partial charge < -0.3 is 45.9 Å². The van der Waals surface area contributed by atoms with Gasteiger partial charge in [0, 0.05) is 76.7 Å². The van der Waals surface area contributed by atoms with Gasteiger partial charge in [-0.05, 0) is 82.3 Å². The van der Waals surface area contributed by atoms with Gasteiger partial charge in [0.25, 0.3) is 11.1 Å². The molecule has 10 aromatic rings. The van der Waals surface area contributed by atoms with Crippen molar-refractivity contribution in [1.82, 2.24) is 69.0 Å². The predicted octanol–water partition coefficient (Wildman–Crippen LogP) is 6.89. The summed E-state index contributed by atoms with van der Waals surface area (Å²) in [7, 11) is 4.51. The zero-order valence-electron chi connectivity index (χ0n) is 47.2. The van der Waals surface area contributed by atoms with Crippen LogP contribution in [0, 0.1) is 23.3 Å². The van der Waals surface area contributed by atoms with Gasteiger partial charge in [0.15, 0.2) is 46.1 Å². The molecule has 29 heteroatoms. The van der Waals surface area contributed by atoms with Crippen LogP contribution in [0.5, 0.6) is 11.5 Å². The third kappa shape index (κ3) is 10.8. The highest BCUT2D eigenvalue weighted by molar-refractivity contribution is 6.35. The molecule has 4 aromatic carbocycles. The van der Waals surface area contributed by atoms with Crippen molar-refractivity contribution in [2.75, 3.05) is 108 Å². The van der Waals surface area contributed by atoms with Crippen LogP contribution < -0.4 is 47.4 Å². The molecule has 0 aliphatic carbocycles. The number of rotatable bonds is 10. The van der Waals surface area contributed by atoms with Gasteiger partial charge in [0.1, 0.15) is 47.8 Å². The zero-order chi connectivity index (χ0) is 60.7. The smallest absolute Gasteiger partial charge is 0.281 e. The first-order valence-corrected chi connectivity index (χ1v) is 28.2. The van der Waals surface area contributed by atoms with Gasteiger partial charge in [0.05, 0.1) is 56.8 Å². The summed E-state index contributed by atoms with van der Waals surface area (Å²) in [6, 6.07) is 14.1. The Labute approximate surface area is 497 Å². The number of hydrogen-bond acceptors (Lipinski definition) is 19. The normalized spacial score (nSPS) is 15.4. The van der Waals surface area contributed by atoms with Gasteiger partial charge in [-0.2, -0.15) is 19.0 Å². The topological polar surface area (TPSA) is 258 Å². The van der Waals surface area contributed by atoms with Gasteiger partial charge >= 0.3 is 0 Å². The largest absolute Gasteiger partial charge is 0.494 e. The number of anilines is 2. The van der Waals surface area contributed by atoms with E-state index in [-0.39, 0.29) is 78.8 Å². The maximum atomic E-state index is 15.3. The molecule has 86 heavy (non-hydrogen) atoms. The molecular formula is C57H58Cl2F4N18O5. The van der Waals surface area contributed by atoms with Crippen LogP contribution in [-0.2, 0) is 4.74 Å². The Morgan fingerprint density at radius 1 is 0.581 bits per heavy atom. The van der Waals surface area contributed by atoms with Crippen molar-refractivity contribution in [2.45, 2.75) is 38.8 Å². The van der Waals surface area contributed by atoms with Gasteiger partial charge in [-0.3, -0.25) is 9.59 Å². The average molecular weight is 1220 g/mol. The first kappa shape index (κ1) is 59.0. The van der Waals surface area contributed by atoms with Crippen molar-refractivity contribution in [3.05, 3.63) is 139 Å². The SMILES string of the molecule is C1CCOC1.COc1ccc(-c2nn(C(C)c3nc4cccc(Cl)c4c(=O)n3N3CCN(C)CC3)c3ncnc(N)c23)c(F)c1F.COc1ccc(-c2nn(C(C)c3nc4cccc(Cl)c4c(=O)n3N3CCNCC3)c3ncnc(N)c23)c(F)c1F. The number of halogens is 6. The number of ether oxygens (including phenoxy) is 3. The lowest BCUT2D eigenvalue weighted by molar-refractivity contribution is 0.198. The summed E-state index contributed by atoms with van der Waals surface area (Å²) < 4.78 is 80.7. The molecule has 6 aromatic heterocycles. The minimum absolute atomic E-state index is 0.0341. The van der Waals surface area contributed by atoms with Gasteiger partial charge in [-0.15, -0.1) is 0 Å². The summed E-state index contributed by atoms with van der Waals surface area (Å²) in [6.07, 6.45) is 5.08. The van der Waals surface area contributed by atoms with E-state index in [1.165, 1.54) is 82.7 Å². The van der Waals surface area contributed by atoms with Crippen molar-refractivity contribution in [2.24, 2.45) is 0 Å². The van der Waals surface area contributed by atoms with E-state index in [0.29, 0.717) is 82.8 Å². The maximum Gasteiger partial charge on any atom is 0.281 e. The number of nitrogens with two attached hydrogens (primary N) is 2. The Morgan fingerprint density at radius 3 is 1.42 bits per heavy atom. The van der Waals surface area contributed by atoms with Gasteiger partial charge in [-0.1, -0.05) is 35.3 Å². The third-order valence-corrected chi connectivity index (χ3v) is 15.9. The number of fused-ring (bicyclic) bond motifs is 4. The summed E-state index contributed by atoms with van der Waals surface area (Å²) in [5.74, 6) is -4.33. The zero-order valence-corrected chi connectivity index (χ0v) is 48.8. The van der Waals surface area contributed by atoms with Crippen molar-refractivity contribution < 1.29 is 31.8 Å². The van der Waals surface area contributed by atoms with E-state index >= 15 is 8.78 Å². The Bertz CT molecular complexity index is 4330. The number of nitrogens with one attached hydrogen (secondary N) is 1. The van der Waals surface area contributed by atoms with Crippen LogP contribution in [0.25, 0.3) is 66.4 Å². The molecule has 3 saturated heterocycles. The van der Waals surface area contributed by atoms with E-state index in [2.05, 4.69) is 40.3 Å². The van der Waals surface area contributed by atoms with Crippen LogP contribution in [-0.4, -0.2) is 151 Å². The quantitative estimate of drug-likeness (QED) is 0.118. The van der Waals surface area contributed by atoms with E-state index < -0.39 is 35.4 Å². The van der Waals surface area contributed by atoms with Crippen LogP contribution in [0.3, 0.4) is 0 Å². The van der Waals surface area contributed by atoms with Gasteiger partial charge in [0.2, 0.25) is 11.6 Å². The number of piperazine rings is 2. The van der Waals surface area contributed by atoms with Crippen molar-refractivity contribution in [3.8, 4) is 34.0 Å². The second kappa shape index (κ2) is 24.7. The molecule has 0 bridgehead atoms. The van der Waals surface area contributed by atoms with E-state index in [1.54, 1.807) is 50.2 Å². The number of nitrogens with zero attached hydrogens (tertiary/aromatic N) is 15. The Morgan fingerprint density at radius 2 is 1.01 bits per heavy atom. The monoisotopic (exact) mass is 1220 g/mol. The highest BCUT2D eigenvalue weighted by atomic mass is 35.5. The molecule has 0 radical (unpaired) electrons. The molecule has 448 valence electrons. The number of methoxy groups -OCH3 is 2. The summed E-state index contributed by atoms with van der Waals surface area (Å²) in [4.78, 5) is 56.6. The lowest BCUT2D eigenvalue weighted by Gasteiger charge is -2.36. The van der Waals surface area contributed by atoms with E-state index in [1.807, 2.05) is 17.1 Å². The molecular weight excluding hydrogens is 1160 g/mol. The minimum Gasteiger partial charge on any atom is -0.494 e. The molecule has 0 amide bonds. The van der Waals surface area contributed by atoms with E-state index in [4.69, 9.17) is 58.8 Å². The molecule has 23 nitrogen and oxygen atoms in total. The number of nitrogen functional groups attached to an aromatic ring is 2. The lowest BCUT2D eigenvalue weighted by atomic mass is 10.1. The number of aromatic nitrogens is 12. The molecule has 3 aliphatic heterocycles. The third-order valence-electron chi connectivity index (χ3n) is 15.2.